The van der Waals surface area contributed by atoms with Crippen molar-refractivity contribution in [3.8, 4) is 5.75 Å². The quantitative estimate of drug-likeness (QED) is 0.773. The lowest BCUT2D eigenvalue weighted by molar-refractivity contribution is 0.102. The molecule has 0 radical (unpaired) electrons. The van der Waals surface area contributed by atoms with Gasteiger partial charge in [0.2, 0.25) is 0 Å². The highest BCUT2D eigenvalue weighted by Crippen LogP contribution is 2.16. The van der Waals surface area contributed by atoms with E-state index < -0.39 is 0 Å². The molecule has 3 rings (SSSR count). The van der Waals surface area contributed by atoms with E-state index in [0.717, 1.165) is 0 Å². The van der Waals surface area contributed by atoms with E-state index in [-0.39, 0.29) is 11.6 Å². The number of nitrogens with zero attached hydrogens (tertiary/aromatic N) is 5. The Kier molecular flexibility index (Phi) is 3.19. The van der Waals surface area contributed by atoms with Crippen molar-refractivity contribution in [1.82, 2.24) is 24.8 Å². The molecule has 1 aromatic carbocycles. The Hall–Kier alpha value is -3.03. The number of carbonyl (C=O) groups is 1. The molecule has 1 N–H and O–H groups in total. The van der Waals surface area contributed by atoms with Crippen molar-refractivity contribution in [2.45, 2.75) is 6.92 Å². The van der Waals surface area contributed by atoms with Gasteiger partial charge in [-0.1, -0.05) is 0 Å². The lowest BCUT2D eigenvalue weighted by atomic mass is 10.2. The lowest BCUT2D eigenvalue weighted by Gasteiger charge is -2.07. The molecule has 0 aliphatic heterocycles. The van der Waals surface area contributed by atoms with Crippen LogP contribution in [0.2, 0.25) is 0 Å². The summed E-state index contributed by atoms with van der Waals surface area (Å²) in [4.78, 5) is 16.2. The Morgan fingerprint density at radius 3 is 2.71 bits per heavy atom. The number of ether oxygens (including phenoxy) is 1. The average Bonchev–Trinajstić information content (AvgIpc) is 2.98. The van der Waals surface area contributed by atoms with Gasteiger partial charge in [-0.2, -0.15) is 14.6 Å². The third-order valence-electron chi connectivity index (χ3n) is 2.99. The van der Waals surface area contributed by atoms with Crippen LogP contribution < -0.4 is 10.1 Å². The van der Waals surface area contributed by atoms with E-state index in [4.69, 9.17) is 4.74 Å². The first-order chi connectivity index (χ1) is 10.2. The molecule has 106 valence electrons. The fourth-order valence-electron chi connectivity index (χ4n) is 1.88. The van der Waals surface area contributed by atoms with Crippen molar-refractivity contribution >= 4 is 17.4 Å². The van der Waals surface area contributed by atoms with Crippen LogP contribution in [0.25, 0.3) is 5.78 Å². The number of aromatic nitrogens is 5. The van der Waals surface area contributed by atoms with Crippen LogP contribution in [0.1, 0.15) is 16.2 Å². The molecule has 3 aromatic rings. The summed E-state index contributed by atoms with van der Waals surface area (Å²) in [5, 5.41) is 14.5. The van der Waals surface area contributed by atoms with Gasteiger partial charge in [0.1, 0.15) is 12.1 Å². The summed E-state index contributed by atoms with van der Waals surface area (Å²) in [6.45, 7) is 1.74. The molecule has 8 nitrogen and oxygen atoms in total. The molecule has 0 aliphatic carbocycles. The zero-order valence-electron chi connectivity index (χ0n) is 11.4. The summed E-state index contributed by atoms with van der Waals surface area (Å²) in [7, 11) is 1.58. The Morgan fingerprint density at radius 2 is 2.00 bits per heavy atom. The molecule has 0 spiro atoms. The molecule has 0 saturated heterocycles. The van der Waals surface area contributed by atoms with Crippen LogP contribution in [0, 0.1) is 6.92 Å². The molecule has 2 heterocycles. The summed E-state index contributed by atoms with van der Waals surface area (Å²) in [6.07, 6.45) is 1.36. The molecule has 8 heteroatoms. The normalized spacial score (nSPS) is 10.6. The summed E-state index contributed by atoms with van der Waals surface area (Å²) in [5.74, 6) is 0.712. The minimum atomic E-state index is -0.359. The molecular formula is C13H12N6O2. The Morgan fingerprint density at radius 1 is 1.24 bits per heavy atom. The molecule has 21 heavy (non-hydrogen) atoms. The second kappa shape index (κ2) is 5.16. The topological polar surface area (TPSA) is 94.3 Å². The first kappa shape index (κ1) is 13.0. The zero-order chi connectivity index (χ0) is 14.8. The van der Waals surface area contributed by atoms with E-state index in [1.54, 1.807) is 38.3 Å². The van der Waals surface area contributed by atoms with Crippen LogP contribution in [0.3, 0.4) is 0 Å². The van der Waals surface area contributed by atoms with E-state index in [9.17, 15) is 4.79 Å². The number of hydrogen-bond donors (Lipinski definition) is 1. The predicted octanol–water partition coefficient (Wildman–Crippen LogP) is 1.09. The summed E-state index contributed by atoms with van der Waals surface area (Å²) in [6, 6.07) is 7.00. The minimum Gasteiger partial charge on any atom is -0.497 e. The molecule has 0 saturated carbocycles. The molecule has 0 unspecified atom stereocenters. The smallest absolute Gasteiger partial charge is 0.278 e. The maximum atomic E-state index is 12.2. The van der Waals surface area contributed by atoms with Crippen molar-refractivity contribution in [1.29, 1.82) is 0 Å². The number of rotatable bonds is 3. The van der Waals surface area contributed by atoms with Gasteiger partial charge in [0.25, 0.3) is 11.7 Å². The number of benzene rings is 1. The number of anilines is 1. The van der Waals surface area contributed by atoms with E-state index in [0.29, 0.717) is 22.9 Å². The van der Waals surface area contributed by atoms with Crippen molar-refractivity contribution < 1.29 is 9.53 Å². The minimum absolute atomic E-state index is 0.198. The number of aryl methyl sites for hydroxylation is 1. The zero-order valence-corrected chi connectivity index (χ0v) is 11.4. The Balaban J connectivity index is 1.87. The highest BCUT2D eigenvalue weighted by Gasteiger charge is 2.15. The van der Waals surface area contributed by atoms with Crippen LogP contribution in [-0.4, -0.2) is 37.8 Å². The first-order valence-electron chi connectivity index (χ1n) is 6.17. The highest BCUT2D eigenvalue weighted by atomic mass is 16.5. The van der Waals surface area contributed by atoms with Crippen LogP contribution in [0.4, 0.5) is 5.69 Å². The van der Waals surface area contributed by atoms with Crippen LogP contribution in [-0.2, 0) is 0 Å². The lowest BCUT2D eigenvalue weighted by Crippen LogP contribution is -2.18. The second-order valence-electron chi connectivity index (χ2n) is 4.29. The average molecular weight is 284 g/mol. The summed E-state index contributed by atoms with van der Waals surface area (Å²) in [5.41, 5.74) is 1.41. The van der Waals surface area contributed by atoms with Crippen molar-refractivity contribution in [2.24, 2.45) is 0 Å². The number of hydrogen-bond acceptors (Lipinski definition) is 6. The molecule has 1 amide bonds. The van der Waals surface area contributed by atoms with Gasteiger partial charge in [0.05, 0.1) is 12.8 Å². The van der Waals surface area contributed by atoms with Gasteiger partial charge in [0.15, 0.2) is 5.69 Å². The molecule has 0 aliphatic rings. The van der Waals surface area contributed by atoms with E-state index in [1.807, 2.05) is 0 Å². The molecule has 0 fully saturated rings. The van der Waals surface area contributed by atoms with E-state index in [2.05, 4.69) is 25.6 Å². The maximum Gasteiger partial charge on any atom is 0.278 e. The van der Waals surface area contributed by atoms with E-state index in [1.165, 1.54) is 10.8 Å². The Labute approximate surface area is 119 Å². The predicted molar refractivity (Wildman–Crippen MR) is 74.3 cm³/mol. The van der Waals surface area contributed by atoms with Gasteiger partial charge < -0.3 is 10.1 Å². The summed E-state index contributed by atoms with van der Waals surface area (Å²) >= 11 is 0. The largest absolute Gasteiger partial charge is 0.497 e. The number of nitrogens with one attached hydrogen (secondary N) is 1. The van der Waals surface area contributed by atoms with Crippen LogP contribution >= 0.6 is 0 Å². The fraction of sp³-hybridized carbons (Fsp3) is 0.154. The second-order valence-corrected chi connectivity index (χ2v) is 4.29. The monoisotopic (exact) mass is 284 g/mol. The maximum absolute atomic E-state index is 12.2. The highest BCUT2D eigenvalue weighted by molar-refractivity contribution is 6.03. The van der Waals surface area contributed by atoms with Gasteiger partial charge in [0, 0.05) is 5.69 Å². The fourth-order valence-corrected chi connectivity index (χ4v) is 1.88. The van der Waals surface area contributed by atoms with Crippen molar-refractivity contribution in [3.05, 3.63) is 42.0 Å². The number of amides is 1. The van der Waals surface area contributed by atoms with Gasteiger partial charge in [-0.05, 0) is 31.2 Å². The van der Waals surface area contributed by atoms with E-state index >= 15 is 0 Å². The molecular weight excluding hydrogens is 272 g/mol. The van der Waals surface area contributed by atoms with Gasteiger partial charge in [-0.3, -0.25) is 4.79 Å². The van der Waals surface area contributed by atoms with Gasteiger partial charge >= 0.3 is 0 Å². The molecule has 2 aromatic heterocycles. The van der Waals surface area contributed by atoms with Crippen molar-refractivity contribution in [2.75, 3.05) is 12.4 Å². The van der Waals surface area contributed by atoms with Crippen molar-refractivity contribution in [3.63, 3.8) is 0 Å². The SMILES string of the molecule is COc1ccc(NC(=O)c2nnc3ncnn3c2C)cc1. The third kappa shape index (κ3) is 2.38. The third-order valence-corrected chi connectivity index (χ3v) is 2.99. The molecule has 0 bridgehead atoms. The standard InChI is InChI=1S/C13H12N6O2/c1-8-11(17-18-13-14-7-15-19(8)13)12(20)16-9-3-5-10(21-2)6-4-9/h3-7H,1-2H3,(H,16,20). The number of carbonyl (C=O) groups excluding carboxylic acids is 1. The first-order valence-corrected chi connectivity index (χ1v) is 6.17. The Bertz CT molecular complexity index is 796. The van der Waals surface area contributed by atoms with Gasteiger partial charge in [-0.25, -0.2) is 0 Å². The summed E-state index contributed by atoms with van der Waals surface area (Å²) < 4.78 is 6.53. The number of methoxy groups -OCH3 is 1. The van der Waals surface area contributed by atoms with Crippen LogP contribution in [0.5, 0.6) is 5.75 Å². The van der Waals surface area contributed by atoms with Crippen LogP contribution in [0.15, 0.2) is 30.6 Å². The number of fused-ring (bicyclic) bond motifs is 1. The molecule has 0 atom stereocenters. The van der Waals surface area contributed by atoms with Gasteiger partial charge in [-0.15, -0.1) is 10.2 Å².